The van der Waals surface area contributed by atoms with E-state index in [-0.39, 0.29) is 16.9 Å². The van der Waals surface area contributed by atoms with Crippen LogP contribution in [0.25, 0.3) is 16.2 Å². The van der Waals surface area contributed by atoms with E-state index >= 15 is 0 Å². The molecule has 0 spiro atoms. The molecule has 4 rings (SSSR count). The number of nitrogens with zero attached hydrogens (tertiary/aromatic N) is 3. The first kappa shape index (κ1) is 15.2. The molecule has 122 valence electrons. The summed E-state index contributed by atoms with van der Waals surface area (Å²) in [4.78, 5) is 29.8. The fourth-order valence-corrected chi connectivity index (χ4v) is 3.46. The van der Waals surface area contributed by atoms with E-state index in [1.165, 1.54) is 23.5 Å². The van der Waals surface area contributed by atoms with Gasteiger partial charge in [0.25, 0.3) is 0 Å². The Hall–Kier alpha value is -3.32. The van der Waals surface area contributed by atoms with Crippen LogP contribution in [-0.2, 0) is 0 Å². The van der Waals surface area contributed by atoms with E-state index in [2.05, 4.69) is 10.1 Å². The molecule has 0 aliphatic carbocycles. The minimum Gasteiger partial charge on any atom is -0.478 e. The van der Waals surface area contributed by atoms with Crippen molar-refractivity contribution in [1.29, 1.82) is 0 Å². The summed E-state index contributed by atoms with van der Waals surface area (Å²) in [5.41, 5.74) is 1.61. The lowest BCUT2D eigenvalue weighted by atomic mass is 10.0. The van der Waals surface area contributed by atoms with E-state index in [0.29, 0.717) is 10.6 Å². The average molecular weight is 349 g/mol. The van der Waals surface area contributed by atoms with Gasteiger partial charge in [-0.2, -0.15) is 5.10 Å². The van der Waals surface area contributed by atoms with Gasteiger partial charge in [0.2, 0.25) is 5.78 Å². The number of fused-ring (bicyclic) bond motifs is 1. The molecule has 0 saturated carbocycles. The predicted molar refractivity (Wildman–Crippen MR) is 93.1 cm³/mol. The normalized spacial score (nSPS) is 10.9. The molecular formula is C18H11N3O3S. The quantitative estimate of drug-likeness (QED) is 0.571. The monoisotopic (exact) mass is 349 g/mol. The molecule has 0 bridgehead atoms. The number of carboxylic acids is 1. The molecule has 0 aliphatic rings. The highest BCUT2D eigenvalue weighted by molar-refractivity contribution is 7.17. The molecule has 0 aliphatic heterocycles. The molecule has 6 nitrogen and oxygen atoms in total. The number of imidazole rings is 1. The van der Waals surface area contributed by atoms with Crippen LogP contribution < -0.4 is 0 Å². The molecule has 0 unspecified atom stereocenters. The summed E-state index contributed by atoms with van der Waals surface area (Å²) >= 11 is 1.28. The molecule has 0 atom stereocenters. The molecular weight excluding hydrogens is 338 g/mol. The zero-order valence-electron chi connectivity index (χ0n) is 12.8. The Bertz CT molecular complexity index is 1080. The van der Waals surface area contributed by atoms with Crippen molar-refractivity contribution >= 4 is 28.7 Å². The molecule has 0 fully saturated rings. The summed E-state index contributed by atoms with van der Waals surface area (Å²) < 4.78 is 1.66. The molecule has 25 heavy (non-hydrogen) atoms. The summed E-state index contributed by atoms with van der Waals surface area (Å²) in [6.45, 7) is 0. The van der Waals surface area contributed by atoms with E-state index < -0.39 is 5.97 Å². The predicted octanol–water partition coefficient (Wildman–Crippen LogP) is 3.39. The van der Waals surface area contributed by atoms with Crippen LogP contribution in [-0.4, -0.2) is 31.5 Å². The molecule has 0 amide bonds. The number of carboxylic acid groups (broad SMARTS) is 1. The molecule has 1 N–H and O–H groups in total. The summed E-state index contributed by atoms with van der Waals surface area (Å²) in [6.07, 6.45) is 3.46. The first-order valence-corrected chi connectivity index (χ1v) is 8.23. The van der Waals surface area contributed by atoms with Gasteiger partial charge in [-0.3, -0.25) is 4.79 Å². The van der Waals surface area contributed by atoms with Gasteiger partial charge in [0.15, 0.2) is 5.65 Å². The Balaban J connectivity index is 1.72. The average Bonchev–Trinajstić information content (AvgIpc) is 3.27. The van der Waals surface area contributed by atoms with Gasteiger partial charge in [-0.15, -0.1) is 11.3 Å². The number of benzene rings is 1. The molecule has 0 saturated heterocycles. The van der Waals surface area contributed by atoms with Crippen LogP contribution >= 0.6 is 11.3 Å². The second-order valence-electron chi connectivity index (χ2n) is 5.30. The maximum Gasteiger partial charge on any atom is 0.336 e. The highest BCUT2D eigenvalue weighted by Crippen LogP contribution is 2.29. The SMILES string of the molecule is O=C(O)c1ccccc1C(=O)c1ccc(-c2cn3ncccc3n2)s1. The molecule has 1 aromatic carbocycles. The fraction of sp³-hybridized carbons (Fsp3) is 0. The number of hydrogen-bond donors (Lipinski definition) is 1. The lowest BCUT2D eigenvalue weighted by Gasteiger charge is -2.02. The van der Waals surface area contributed by atoms with Gasteiger partial charge >= 0.3 is 5.97 Å². The second-order valence-corrected chi connectivity index (χ2v) is 6.38. The number of thiophene rings is 1. The molecule has 4 aromatic rings. The molecule has 3 heterocycles. The highest BCUT2D eigenvalue weighted by atomic mass is 32.1. The van der Waals surface area contributed by atoms with Gasteiger partial charge in [-0.1, -0.05) is 18.2 Å². The third kappa shape index (κ3) is 2.70. The Morgan fingerprint density at radius 3 is 2.56 bits per heavy atom. The van der Waals surface area contributed by atoms with E-state index in [1.54, 1.807) is 41.2 Å². The van der Waals surface area contributed by atoms with Crippen molar-refractivity contribution in [3.05, 3.63) is 76.9 Å². The Morgan fingerprint density at radius 1 is 1.00 bits per heavy atom. The number of aromatic carboxylic acids is 1. The third-order valence-electron chi connectivity index (χ3n) is 3.72. The Labute approximate surface area is 146 Å². The van der Waals surface area contributed by atoms with Crippen molar-refractivity contribution in [2.45, 2.75) is 0 Å². The van der Waals surface area contributed by atoms with Crippen molar-refractivity contribution in [2.75, 3.05) is 0 Å². The summed E-state index contributed by atoms with van der Waals surface area (Å²) in [5.74, 6) is -1.43. The van der Waals surface area contributed by atoms with Crippen molar-refractivity contribution < 1.29 is 14.7 Å². The first-order valence-electron chi connectivity index (χ1n) is 7.41. The number of carbonyl (C=O) groups is 2. The van der Waals surface area contributed by atoms with Crippen LogP contribution in [0, 0.1) is 0 Å². The lowest BCUT2D eigenvalue weighted by molar-refractivity contribution is 0.0693. The van der Waals surface area contributed by atoms with E-state index in [0.717, 1.165) is 10.5 Å². The van der Waals surface area contributed by atoms with Gasteiger partial charge in [0, 0.05) is 11.8 Å². The number of rotatable bonds is 4. The van der Waals surface area contributed by atoms with Crippen LogP contribution in [0.2, 0.25) is 0 Å². The van der Waals surface area contributed by atoms with Crippen molar-refractivity contribution in [1.82, 2.24) is 14.6 Å². The first-order chi connectivity index (χ1) is 12.1. The van der Waals surface area contributed by atoms with Gasteiger partial charge < -0.3 is 5.11 Å². The second kappa shape index (κ2) is 5.95. The van der Waals surface area contributed by atoms with Crippen LogP contribution in [0.3, 0.4) is 0 Å². The molecule has 0 radical (unpaired) electrons. The zero-order valence-corrected chi connectivity index (χ0v) is 13.6. The maximum absolute atomic E-state index is 12.7. The van der Waals surface area contributed by atoms with E-state index in [1.807, 2.05) is 12.1 Å². The van der Waals surface area contributed by atoms with Crippen LogP contribution in [0.4, 0.5) is 0 Å². The van der Waals surface area contributed by atoms with Crippen LogP contribution in [0.1, 0.15) is 25.6 Å². The number of aromatic nitrogens is 3. The topological polar surface area (TPSA) is 84.6 Å². The fourth-order valence-electron chi connectivity index (χ4n) is 2.55. The Kier molecular flexibility index (Phi) is 3.62. The largest absolute Gasteiger partial charge is 0.478 e. The van der Waals surface area contributed by atoms with Crippen molar-refractivity contribution in [3.63, 3.8) is 0 Å². The summed E-state index contributed by atoms with van der Waals surface area (Å²) in [5, 5.41) is 13.4. The number of ketones is 1. The minimum absolute atomic E-state index is 0.000574. The molecule has 7 heteroatoms. The minimum atomic E-state index is -1.12. The number of carbonyl (C=O) groups excluding carboxylic acids is 1. The summed E-state index contributed by atoms with van der Waals surface area (Å²) in [7, 11) is 0. The van der Waals surface area contributed by atoms with E-state index in [9.17, 15) is 14.7 Å². The smallest absolute Gasteiger partial charge is 0.336 e. The lowest BCUT2D eigenvalue weighted by Crippen LogP contribution is -2.08. The van der Waals surface area contributed by atoms with Crippen molar-refractivity contribution in [3.8, 4) is 10.6 Å². The Morgan fingerprint density at radius 2 is 1.80 bits per heavy atom. The van der Waals surface area contributed by atoms with Crippen LogP contribution in [0.15, 0.2) is 60.9 Å². The van der Waals surface area contributed by atoms with Gasteiger partial charge in [-0.05, 0) is 30.3 Å². The summed E-state index contributed by atoms with van der Waals surface area (Å²) in [6, 6.07) is 13.4. The zero-order chi connectivity index (χ0) is 17.4. The highest BCUT2D eigenvalue weighted by Gasteiger charge is 2.19. The van der Waals surface area contributed by atoms with Gasteiger partial charge in [0.1, 0.15) is 5.69 Å². The van der Waals surface area contributed by atoms with Crippen LogP contribution in [0.5, 0.6) is 0 Å². The maximum atomic E-state index is 12.7. The molecule has 3 aromatic heterocycles. The third-order valence-corrected chi connectivity index (χ3v) is 4.83. The number of hydrogen-bond acceptors (Lipinski definition) is 5. The van der Waals surface area contributed by atoms with Crippen molar-refractivity contribution in [2.24, 2.45) is 0 Å². The van der Waals surface area contributed by atoms with E-state index in [4.69, 9.17) is 0 Å². The standard InChI is InChI=1S/C18H11N3O3S/c22-17(11-4-1-2-5-12(11)18(23)24)15-8-7-14(25-15)13-10-21-16(20-13)6-3-9-19-21/h1-10H,(H,23,24). The van der Waals surface area contributed by atoms with Gasteiger partial charge in [0.05, 0.1) is 21.5 Å². The van der Waals surface area contributed by atoms with Gasteiger partial charge in [-0.25, -0.2) is 14.3 Å².